The first-order valence-corrected chi connectivity index (χ1v) is 7.33. The van der Waals surface area contributed by atoms with E-state index >= 15 is 0 Å². The summed E-state index contributed by atoms with van der Waals surface area (Å²) in [6, 6.07) is -0.118. The Hall–Kier alpha value is -1.07. The number of aromatic amines is 1. The molecule has 1 fully saturated rings. The Morgan fingerprint density at radius 1 is 1.53 bits per heavy atom. The molecule has 0 aromatic carbocycles. The maximum atomic E-state index is 11.6. The van der Waals surface area contributed by atoms with E-state index < -0.39 is 0 Å². The molecule has 1 aliphatic heterocycles. The lowest BCUT2D eigenvalue weighted by Gasteiger charge is -2.22. The molecule has 1 aromatic heterocycles. The monoisotopic (exact) mass is 284 g/mol. The summed E-state index contributed by atoms with van der Waals surface area (Å²) in [5.74, 6) is 1.00. The number of amides is 1. The summed E-state index contributed by atoms with van der Waals surface area (Å²) >= 11 is 6.10. The first-order chi connectivity index (χ1) is 9.20. The standard InChI is InChI=1S/C13H21ClN4O/c1-2-3-6-11-17-10(12(14)18-11)8-16-9-5-4-7-15-13(9)19/h9,16H,2-8H2,1H3,(H,15,19)(H,17,18). The van der Waals surface area contributed by atoms with Crippen molar-refractivity contribution in [1.29, 1.82) is 0 Å². The molecule has 0 saturated carbocycles. The summed E-state index contributed by atoms with van der Waals surface area (Å²) in [6.45, 7) is 3.48. The van der Waals surface area contributed by atoms with E-state index in [1.807, 2.05) is 0 Å². The van der Waals surface area contributed by atoms with Gasteiger partial charge in [-0.3, -0.25) is 4.79 Å². The molecule has 5 nitrogen and oxygen atoms in total. The minimum absolute atomic E-state index is 0.0769. The number of halogens is 1. The molecule has 0 aliphatic carbocycles. The molecule has 2 rings (SSSR count). The van der Waals surface area contributed by atoms with Gasteiger partial charge in [0.25, 0.3) is 0 Å². The van der Waals surface area contributed by atoms with Crippen LogP contribution in [0.2, 0.25) is 5.15 Å². The van der Waals surface area contributed by atoms with Crippen LogP contribution in [0.4, 0.5) is 0 Å². The SMILES string of the molecule is CCCCc1nc(Cl)c(CNC2CCCNC2=O)[nH]1. The summed E-state index contributed by atoms with van der Waals surface area (Å²) in [4.78, 5) is 19.1. The largest absolute Gasteiger partial charge is 0.355 e. The Bertz CT molecular complexity index is 432. The zero-order chi connectivity index (χ0) is 13.7. The lowest BCUT2D eigenvalue weighted by molar-refractivity contribution is -0.124. The van der Waals surface area contributed by atoms with E-state index in [2.05, 4.69) is 27.5 Å². The van der Waals surface area contributed by atoms with Gasteiger partial charge in [0.2, 0.25) is 5.91 Å². The molecule has 0 radical (unpaired) electrons. The van der Waals surface area contributed by atoms with Gasteiger partial charge in [-0.1, -0.05) is 24.9 Å². The van der Waals surface area contributed by atoms with E-state index in [-0.39, 0.29) is 11.9 Å². The van der Waals surface area contributed by atoms with E-state index in [0.29, 0.717) is 11.7 Å². The maximum Gasteiger partial charge on any atom is 0.237 e. The van der Waals surface area contributed by atoms with Crippen LogP contribution in [-0.4, -0.2) is 28.5 Å². The fraction of sp³-hybridized carbons (Fsp3) is 0.692. The minimum Gasteiger partial charge on any atom is -0.355 e. The number of nitrogens with zero attached hydrogens (tertiary/aromatic N) is 1. The molecule has 1 atom stereocenters. The quantitative estimate of drug-likeness (QED) is 0.746. The molecule has 0 spiro atoms. The van der Waals surface area contributed by atoms with E-state index in [4.69, 9.17) is 11.6 Å². The highest BCUT2D eigenvalue weighted by Gasteiger charge is 2.21. The van der Waals surface area contributed by atoms with Crippen LogP contribution >= 0.6 is 11.6 Å². The summed E-state index contributed by atoms with van der Waals surface area (Å²) in [7, 11) is 0. The second kappa shape index (κ2) is 6.91. The van der Waals surface area contributed by atoms with Gasteiger partial charge in [0.05, 0.1) is 11.7 Å². The predicted molar refractivity (Wildman–Crippen MR) is 75.1 cm³/mol. The number of imidazole rings is 1. The molecule has 2 heterocycles. The number of aryl methyl sites for hydroxylation is 1. The number of rotatable bonds is 6. The van der Waals surface area contributed by atoms with Crippen molar-refractivity contribution in [2.24, 2.45) is 0 Å². The first-order valence-electron chi connectivity index (χ1n) is 6.95. The highest BCUT2D eigenvalue weighted by Crippen LogP contribution is 2.14. The van der Waals surface area contributed by atoms with Crippen LogP contribution in [0.25, 0.3) is 0 Å². The van der Waals surface area contributed by atoms with Gasteiger partial charge in [-0.25, -0.2) is 4.98 Å². The van der Waals surface area contributed by atoms with Crippen molar-refractivity contribution in [2.75, 3.05) is 6.54 Å². The Labute approximate surface area is 118 Å². The predicted octanol–water partition coefficient (Wildman–Crippen LogP) is 1.77. The third-order valence-electron chi connectivity index (χ3n) is 3.35. The number of aromatic nitrogens is 2. The van der Waals surface area contributed by atoms with Gasteiger partial charge in [0.1, 0.15) is 5.82 Å². The number of H-pyrrole nitrogens is 1. The molecule has 1 amide bonds. The van der Waals surface area contributed by atoms with Gasteiger partial charge < -0.3 is 15.6 Å². The maximum absolute atomic E-state index is 11.6. The fourth-order valence-corrected chi connectivity index (χ4v) is 2.43. The van der Waals surface area contributed by atoms with Crippen molar-refractivity contribution in [3.05, 3.63) is 16.7 Å². The third-order valence-corrected chi connectivity index (χ3v) is 3.67. The summed E-state index contributed by atoms with van der Waals surface area (Å²) in [6.07, 6.45) is 5.04. The molecular weight excluding hydrogens is 264 g/mol. The molecule has 1 aromatic rings. The van der Waals surface area contributed by atoms with Gasteiger partial charge in [-0.15, -0.1) is 0 Å². The van der Waals surface area contributed by atoms with Crippen molar-refractivity contribution in [1.82, 2.24) is 20.6 Å². The Balaban J connectivity index is 1.88. The molecular formula is C13H21ClN4O. The van der Waals surface area contributed by atoms with Crippen molar-refractivity contribution in [3.8, 4) is 0 Å². The summed E-state index contributed by atoms with van der Waals surface area (Å²) < 4.78 is 0. The average molecular weight is 285 g/mol. The van der Waals surface area contributed by atoms with Crippen LogP contribution < -0.4 is 10.6 Å². The van der Waals surface area contributed by atoms with Crippen LogP contribution in [0, 0.1) is 0 Å². The summed E-state index contributed by atoms with van der Waals surface area (Å²) in [5.41, 5.74) is 0.867. The third kappa shape index (κ3) is 3.94. The Morgan fingerprint density at radius 2 is 2.37 bits per heavy atom. The van der Waals surface area contributed by atoms with Crippen molar-refractivity contribution < 1.29 is 4.79 Å². The molecule has 1 saturated heterocycles. The number of hydrogen-bond acceptors (Lipinski definition) is 3. The molecule has 1 aliphatic rings. The van der Waals surface area contributed by atoms with Gasteiger partial charge >= 0.3 is 0 Å². The average Bonchev–Trinajstić information content (AvgIpc) is 2.76. The van der Waals surface area contributed by atoms with Crippen molar-refractivity contribution >= 4 is 17.5 Å². The second-order valence-corrected chi connectivity index (χ2v) is 5.28. The first kappa shape index (κ1) is 14.3. The van der Waals surface area contributed by atoms with E-state index in [1.165, 1.54) is 0 Å². The lowest BCUT2D eigenvalue weighted by atomic mass is 10.1. The van der Waals surface area contributed by atoms with E-state index in [0.717, 1.165) is 50.2 Å². The van der Waals surface area contributed by atoms with Crippen LogP contribution in [0.1, 0.15) is 44.1 Å². The van der Waals surface area contributed by atoms with E-state index in [9.17, 15) is 4.79 Å². The zero-order valence-corrected chi connectivity index (χ0v) is 12.0. The molecule has 6 heteroatoms. The van der Waals surface area contributed by atoms with Gasteiger partial charge in [-0.05, 0) is 19.3 Å². The Kier molecular flexibility index (Phi) is 5.22. The number of carbonyl (C=O) groups is 1. The summed E-state index contributed by atoms with van der Waals surface area (Å²) in [5, 5.41) is 6.60. The highest BCUT2D eigenvalue weighted by molar-refractivity contribution is 6.30. The number of unbranched alkanes of at least 4 members (excludes halogenated alkanes) is 1. The number of hydrogen-bond donors (Lipinski definition) is 3. The van der Waals surface area contributed by atoms with E-state index in [1.54, 1.807) is 0 Å². The molecule has 0 bridgehead atoms. The normalized spacial score (nSPS) is 19.5. The molecule has 19 heavy (non-hydrogen) atoms. The topological polar surface area (TPSA) is 69.8 Å². The smallest absolute Gasteiger partial charge is 0.237 e. The van der Waals surface area contributed by atoms with Gasteiger partial charge in [0, 0.05) is 19.5 Å². The van der Waals surface area contributed by atoms with Crippen molar-refractivity contribution in [2.45, 2.75) is 51.6 Å². The van der Waals surface area contributed by atoms with Crippen LogP contribution in [0.3, 0.4) is 0 Å². The van der Waals surface area contributed by atoms with Crippen molar-refractivity contribution in [3.63, 3.8) is 0 Å². The minimum atomic E-state index is -0.118. The zero-order valence-electron chi connectivity index (χ0n) is 11.3. The van der Waals surface area contributed by atoms with Crippen LogP contribution in [-0.2, 0) is 17.8 Å². The molecule has 1 unspecified atom stereocenters. The second-order valence-electron chi connectivity index (χ2n) is 4.92. The number of carbonyl (C=O) groups excluding carboxylic acids is 1. The number of nitrogens with one attached hydrogen (secondary N) is 3. The van der Waals surface area contributed by atoms with Crippen LogP contribution in [0.15, 0.2) is 0 Å². The van der Waals surface area contributed by atoms with Gasteiger partial charge in [0.15, 0.2) is 5.15 Å². The Morgan fingerprint density at radius 3 is 3.11 bits per heavy atom. The molecule has 3 N–H and O–H groups in total. The van der Waals surface area contributed by atoms with Crippen LogP contribution in [0.5, 0.6) is 0 Å². The molecule has 106 valence electrons. The lowest BCUT2D eigenvalue weighted by Crippen LogP contribution is -2.47. The number of piperidine rings is 1. The highest BCUT2D eigenvalue weighted by atomic mass is 35.5. The van der Waals surface area contributed by atoms with Gasteiger partial charge in [-0.2, -0.15) is 0 Å². The fourth-order valence-electron chi connectivity index (χ4n) is 2.21.